The van der Waals surface area contributed by atoms with Gasteiger partial charge in [0.1, 0.15) is 5.82 Å². The highest BCUT2D eigenvalue weighted by Crippen LogP contribution is 2.31. The second-order valence-corrected chi connectivity index (χ2v) is 8.83. The molecule has 0 spiro atoms. The van der Waals surface area contributed by atoms with Gasteiger partial charge in [0.15, 0.2) is 0 Å². The number of halogens is 1. The van der Waals surface area contributed by atoms with Crippen LogP contribution < -0.4 is 0 Å². The molecule has 2 aliphatic rings. The van der Waals surface area contributed by atoms with Crippen LogP contribution in [0.1, 0.15) is 49.9 Å². The Morgan fingerprint density at radius 3 is 2.35 bits per heavy atom. The molecule has 1 atom stereocenters. The smallest absolute Gasteiger partial charge is 0.225 e. The fraction of sp³-hybridized carbons (Fsp3) is 0.480. The first-order chi connectivity index (χ1) is 14.9. The molecule has 0 saturated carbocycles. The Kier molecular flexibility index (Phi) is 6.35. The molecule has 164 valence electrons. The SMILES string of the molecule is CC(=O)N1CCC(C(=O)N2CCC[C@@H](c3cc(-c4ccc(F)cc4)cc(C)n3)C2)CC1. The minimum Gasteiger partial charge on any atom is -0.343 e. The number of aromatic nitrogens is 1. The van der Waals surface area contributed by atoms with Crippen molar-refractivity contribution in [3.8, 4) is 11.1 Å². The van der Waals surface area contributed by atoms with E-state index >= 15 is 0 Å². The number of amides is 2. The lowest BCUT2D eigenvalue weighted by Gasteiger charge is -2.37. The Bertz CT molecular complexity index is 952. The van der Waals surface area contributed by atoms with Gasteiger partial charge in [0, 0.05) is 56.3 Å². The minimum absolute atomic E-state index is 0.00888. The number of rotatable bonds is 3. The Morgan fingerprint density at radius 1 is 0.968 bits per heavy atom. The number of likely N-dealkylation sites (tertiary alicyclic amines) is 2. The number of pyridine rings is 1. The number of hydrogen-bond donors (Lipinski definition) is 0. The van der Waals surface area contributed by atoms with Gasteiger partial charge in [0.2, 0.25) is 11.8 Å². The molecule has 1 aromatic heterocycles. The van der Waals surface area contributed by atoms with Crippen molar-refractivity contribution in [2.75, 3.05) is 26.2 Å². The van der Waals surface area contributed by atoms with Crippen LogP contribution >= 0.6 is 0 Å². The van der Waals surface area contributed by atoms with Crippen LogP contribution in [-0.2, 0) is 9.59 Å². The first-order valence-corrected chi connectivity index (χ1v) is 11.2. The number of carbonyl (C=O) groups is 2. The third-order valence-corrected chi connectivity index (χ3v) is 6.59. The number of nitrogens with zero attached hydrogens (tertiary/aromatic N) is 3. The van der Waals surface area contributed by atoms with Crippen molar-refractivity contribution in [3.63, 3.8) is 0 Å². The van der Waals surface area contributed by atoms with E-state index in [4.69, 9.17) is 4.98 Å². The Morgan fingerprint density at radius 2 is 1.68 bits per heavy atom. The van der Waals surface area contributed by atoms with E-state index in [1.54, 1.807) is 19.1 Å². The highest BCUT2D eigenvalue weighted by atomic mass is 19.1. The van der Waals surface area contributed by atoms with Crippen molar-refractivity contribution in [2.45, 2.75) is 45.4 Å². The molecule has 31 heavy (non-hydrogen) atoms. The lowest BCUT2D eigenvalue weighted by Crippen LogP contribution is -2.46. The molecule has 3 heterocycles. The largest absolute Gasteiger partial charge is 0.343 e. The quantitative estimate of drug-likeness (QED) is 0.745. The van der Waals surface area contributed by atoms with Crippen LogP contribution in [0.5, 0.6) is 0 Å². The van der Waals surface area contributed by atoms with Crippen LogP contribution in [0.25, 0.3) is 11.1 Å². The van der Waals surface area contributed by atoms with Crippen molar-refractivity contribution in [2.24, 2.45) is 5.92 Å². The van der Waals surface area contributed by atoms with E-state index < -0.39 is 0 Å². The first-order valence-electron chi connectivity index (χ1n) is 11.2. The molecule has 2 aliphatic heterocycles. The van der Waals surface area contributed by atoms with Crippen molar-refractivity contribution in [3.05, 3.63) is 53.6 Å². The molecule has 0 aliphatic carbocycles. The number of benzene rings is 1. The van der Waals surface area contributed by atoms with Gasteiger partial charge < -0.3 is 9.80 Å². The van der Waals surface area contributed by atoms with Gasteiger partial charge in [-0.3, -0.25) is 14.6 Å². The predicted octanol–water partition coefficient (Wildman–Crippen LogP) is 4.16. The van der Waals surface area contributed by atoms with E-state index in [1.165, 1.54) is 12.1 Å². The summed E-state index contributed by atoms with van der Waals surface area (Å²) in [5.41, 5.74) is 3.93. The summed E-state index contributed by atoms with van der Waals surface area (Å²) >= 11 is 0. The number of hydrogen-bond acceptors (Lipinski definition) is 3. The Labute approximate surface area is 183 Å². The Balaban J connectivity index is 1.47. The fourth-order valence-electron chi connectivity index (χ4n) is 4.83. The molecule has 1 aromatic carbocycles. The zero-order valence-corrected chi connectivity index (χ0v) is 18.3. The summed E-state index contributed by atoms with van der Waals surface area (Å²) in [6.45, 7) is 6.38. The predicted molar refractivity (Wildman–Crippen MR) is 118 cm³/mol. The lowest BCUT2D eigenvalue weighted by atomic mass is 9.89. The van der Waals surface area contributed by atoms with E-state index in [-0.39, 0.29) is 29.5 Å². The summed E-state index contributed by atoms with van der Waals surface area (Å²) in [6.07, 6.45) is 3.46. The number of carbonyl (C=O) groups excluding carboxylic acids is 2. The van der Waals surface area contributed by atoms with Crippen LogP contribution in [0, 0.1) is 18.7 Å². The molecule has 0 N–H and O–H groups in total. The van der Waals surface area contributed by atoms with Gasteiger partial charge in [0.25, 0.3) is 0 Å². The number of piperidine rings is 2. The normalized spacial score (nSPS) is 20.0. The molecular weight excluding hydrogens is 393 g/mol. The van der Waals surface area contributed by atoms with Crippen molar-refractivity contribution in [1.29, 1.82) is 0 Å². The van der Waals surface area contributed by atoms with E-state index in [0.29, 0.717) is 19.6 Å². The zero-order chi connectivity index (χ0) is 22.0. The average molecular weight is 424 g/mol. The van der Waals surface area contributed by atoms with Gasteiger partial charge in [0.05, 0.1) is 0 Å². The maximum absolute atomic E-state index is 13.3. The maximum Gasteiger partial charge on any atom is 0.225 e. The number of aryl methyl sites for hydroxylation is 1. The third-order valence-electron chi connectivity index (χ3n) is 6.59. The van der Waals surface area contributed by atoms with Gasteiger partial charge in [-0.05, 0) is 68.0 Å². The van der Waals surface area contributed by atoms with Gasteiger partial charge >= 0.3 is 0 Å². The van der Waals surface area contributed by atoms with Gasteiger partial charge in [-0.15, -0.1) is 0 Å². The fourth-order valence-corrected chi connectivity index (χ4v) is 4.83. The molecule has 2 saturated heterocycles. The highest BCUT2D eigenvalue weighted by molar-refractivity contribution is 5.80. The summed E-state index contributed by atoms with van der Waals surface area (Å²) in [4.78, 5) is 33.3. The molecule has 2 aromatic rings. The minimum atomic E-state index is -0.245. The lowest BCUT2D eigenvalue weighted by molar-refractivity contribution is -0.141. The topological polar surface area (TPSA) is 53.5 Å². The van der Waals surface area contributed by atoms with Gasteiger partial charge in [-0.2, -0.15) is 0 Å². The van der Waals surface area contributed by atoms with Crippen molar-refractivity contribution in [1.82, 2.24) is 14.8 Å². The molecule has 0 unspecified atom stereocenters. The van der Waals surface area contributed by atoms with Crippen molar-refractivity contribution < 1.29 is 14.0 Å². The molecule has 2 amide bonds. The summed E-state index contributed by atoms with van der Waals surface area (Å²) < 4.78 is 13.3. The monoisotopic (exact) mass is 423 g/mol. The second-order valence-electron chi connectivity index (χ2n) is 8.83. The average Bonchev–Trinajstić information content (AvgIpc) is 2.79. The van der Waals surface area contributed by atoms with Crippen LogP contribution in [0.4, 0.5) is 4.39 Å². The zero-order valence-electron chi connectivity index (χ0n) is 18.3. The van der Waals surface area contributed by atoms with Gasteiger partial charge in [-0.25, -0.2) is 4.39 Å². The summed E-state index contributed by atoms with van der Waals surface area (Å²) in [5.74, 6) is 0.278. The standard InChI is InChI=1S/C25H30FN3O2/c1-17-14-22(19-5-7-23(26)8-6-19)15-24(27-17)21-4-3-11-29(16-21)25(31)20-9-12-28(13-10-20)18(2)30/h5-8,14-15,20-21H,3-4,9-13,16H2,1-2H3/t21-/m1/s1. The van der Waals surface area contributed by atoms with E-state index in [2.05, 4.69) is 6.07 Å². The van der Waals surface area contributed by atoms with Gasteiger partial charge in [-0.1, -0.05) is 12.1 Å². The van der Waals surface area contributed by atoms with Crippen LogP contribution in [0.2, 0.25) is 0 Å². The highest BCUT2D eigenvalue weighted by Gasteiger charge is 2.32. The van der Waals surface area contributed by atoms with E-state index in [0.717, 1.165) is 54.7 Å². The Hall–Kier alpha value is -2.76. The van der Waals surface area contributed by atoms with Crippen LogP contribution in [0.3, 0.4) is 0 Å². The van der Waals surface area contributed by atoms with E-state index in [1.807, 2.05) is 22.8 Å². The molecule has 0 bridgehead atoms. The molecule has 4 rings (SSSR count). The summed E-state index contributed by atoms with van der Waals surface area (Å²) in [6, 6.07) is 10.6. The molecule has 0 radical (unpaired) electrons. The van der Waals surface area contributed by atoms with Crippen LogP contribution in [-0.4, -0.2) is 52.8 Å². The molecule has 2 fully saturated rings. The molecular formula is C25H30FN3O2. The molecule has 6 heteroatoms. The third kappa shape index (κ3) is 4.94. The van der Waals surface area contributed by atoms with Crippen molar-refractivity contribution >= 4 is 11.8 Å². The second kappa shape index (κ2) is 9.16. The molecule has 5 nitrogen and oxygen atoms in total. The van der Waals surface area contributed by atoms with Crippen LogP contribution in [0.15, 0.2) is 36.4 Å². The summed E-state index contributed by atoms with van der Waals surface area (Å²) in [5, 5.41) is 0. The first kappa shape index (κ1) is 21.5. The van der Waals surface area contributed by atoms with E-state index in [9.17, 15) is 14.0 Å². The summed E-state index contributed by atoms with van der Waals surface area (Å²) in [7, 11) is 0. The maximum atomic E-state index is 13.3.